The molecule has 1 aromatic carbocycles. The molecule has 2 aliphatic carbocycles. The summed E-state index contributed by atoms with van der Waals surface area (Å²) in [7, 11) is 0. The first kappa shape index (κ1) is 16.3. The van der Waals surface area contributed by atoms with Crippen molar-refractivity contribution in [3.05, 3.63) is 47.5 Å². The average molecular weight is 309 g/mol. The van der Waals surface area contributed by atoms with Gasteiger partial charge >= 0.3 is 0 Å². The van der Waals surface area contributed by atoms with E-state index < -0.39 is 6.10 Å². The van der Waals surface area contributed by atoms with E-state index in [2.05, 4.69) is 63.2 Å². The van der Waals surface area contributed by atoms with Crippen LogP contribution in [0.25, 0.3) is 0 Å². The summed E-state index contributed by atoms with van der Waals surface area (Å²) in [6.45, 7) is 6.55. The maximum absolute atomic E-state index is 10.6. The van der Waals surface area contributed by atoms with E-state index in [-0.39, 0.29) is 10.8 Å². The minimum absolute atomic E-state index is 0.0193. The molecular formula is C21H27NO. The first-order chi connectivity index (χ1) is 10.9. The number of nitriles is 1. The minimum Gasteiger partial charge on any atom is -0.387 e. The van der Waals surface area contributed by atoms with E-state index in [1.165, 1.54) is 12.0 Å². The largest absolute Gasteiger partial charge is 0.387 e. The Morgan fingerprint density at radius 1 is 1.17 bits per heavy atom. The zero-order valence-corrected chi connectivity index (χ0v) is 14.4. The summed E-state index contributed by atoms with van der Waals surface area (Å²) < 4.78 is 0. The molecule has 3 rings (SSSR count). The number of allylic oxidation sites excluding steroid dienone is 1. The minimum atomic E-state index is -0.628. The lowest BCUT2D eigenvalue weighted by Crippen LogP contribution is -2.51. The van der Waals surface area contributed by atoms with Gasteiger partial charge in [0.1, 0.15) is 0 Å². The molecule has 1 N–H and O–H groups in total. The Bertz CT molecular complexity index is 640. The van der Waals surface area contributed by atoms with Crippen LogP contribution in [-0.2, 0) is 6.42 Å². The fourth-order valence-corrected chi connectivity index (χ4v) is 5.22. The molecule has 2 heteroatoms. The molecule has 1 fully saturated rings. The molecule has 0 spiro atoms. The highest BCUT2D eigenvalue weighted by molar-refractivity contribution is 5.34. The average Bonchev–Trinajstić information content (AvgIpc) is 2.52. The van der Waals surface area contributed by atoms with Crippen molar-refractivity contribution in [1.82, 2.24) is 0 Å². The summed E-state index contributed by atoms with van der Waals surface area (Å²) >= 11 is 0. The Labute approximate surface area is 139 Å². The second kappa shape index (κ2) is 5.80. The van der Waals surface area contributed by atoms with Crippen LogP contribution in [-0.4, -0.2) is 11.2 Å². The van der Waals surface area contributed by atoms with Crippen LogP contribution in [0.3, 0.4) is 0 Å². The maximum Gasteiger partial charge on any atom is 0.0971 e. The van der Waals surface area contributed by atoms with Gasteiger partial charge in [0, 0.05) is 0 Å². The molecule has 0 aromatic heterocycles. The number of hydrogen-bond acceptors (Lipinski definition) is 2. The van der Waals surface area contributed by atoms with Crippen LogP contribution < -0.4 is 0 Å². The van der Waals surface area contributed by atoms with Gasteiger partial charge in [-0.25, -0.2) is 0 Å². The zero-order valence-electron chi connectivity index (χ0n) is 14.4. The summed E-state index contributed by atoms with van der Waals surface area (Å²) in [4.78, 5) is 0. The first-order valence-electron chi connectivity index (χ1n) is 8.71. The van der Waals surface area contributed by atoms with Crippen LogP contribution in [0, 0.1) is 34.0 Å². The third-order valence-electron chi connectivity index (χ3n) is 6.27. The van der Waals surface area contributed by atoms with E-state index in [1.807, 2.05) is 0 Å². The lowest BCUT2D eigenvalue weighted by atomic mass is 9.50. The van der Waals surface area contributed by atoms with E-state index in [0.717, 1.165) is 19.3 Å². The monoisotopic (exact) mass is 309 g/mol. The Kier molecular flexibility index (Phi) is 4.10. The summed E-state index contributed by atoms with van der Waals surface area (Å²) in [5, 5.41) is 20.0. The Hall–Kier alpha value is -1.59. The number of aliphatic hydroxyl groups excluding tert-OH is 1. The van der Waals surface area contributed by atoms with Crippen molar-refractivity contribution >= 4 is 0 Å². The van der Waals surface area contributed by atoms with E-state index in [4.69, 9.17) is 0 Å². The Morgan fingerprint density at radius 2 is 1.87 bits per heavy atom. The van der Waals surface area contributed by atoms with Crippen molar-refractivity contribution in [2.24, 2.45) is 22.7 Å². The number of benzene rings is 1. The molecule has 0 radical (unpaired) electrons. The van der Waals surface area contributed by atoms with Gasteiger partial charge in [0.25, 0.3) is 0 Å². The molecule has 0 aliphatic heterocycles. The maximum atomic E-state index is 10.6. The number of aliphatic hydroxyl groups is 1. The van der Waals surface area contributed by atoms with Crippen LogP contribution in [0.2, 0.25) is 0 Å². The summed E-state index contributed by atoms with van der Waals surface area (Å²) in [5.41, 5.74) is 1.76. The van der Waals surface area contributed by atoms with Gasteiger partial charge in [0.05, 0.1) is 17.7 Å². The summed E-state index contributed by atoms with van der Waals surface area (Å²) in [6, 6.07) is 12.9. The molecule has 23 heavy (non-hydrogen) atoms. The number of nitrogens with zero attached hydrogens (tertiary/aromatic N) is 1. The molecule has 0 heterocycles. The lowest BCUT2D eigenvalue weighted by molar-refractivity contribution is -0.0550. The lowest BCUT2D eigenvalue weighted by Gasteiger charge is -2.55. The van der Waals surface area contributed by atoms with Gasteiger partial charge in [-0.15, -0.1) is 0 Å². The van der Waals surface area contributed by atoms with Crippen LogP contribution in [0.15, 0.2) is 42.0 Å². The molecule has 4 atom stereocenters. The number of rotatable bonds is 2. The molecule has 1 saturated carbocycles. The van der Waals surface area contributed by atoms with Gasteiger partial charge < -0.3 is 5.11 Å². The molecular weight excluding hydrogens is 282 g/mol. The van der Waals surface area contributed by atoms with Gasteiger partial charge in [0.15, 0.2) is 0 Å². The first-order valence-corrected chi connectivity index (χ1v) is 8.71. The van der Waals surface area contributed by atoms with Gasteiger partial charge in [-0.05, 0) is 53.9 Å². The Balaban J connectivity index is 1.86. The fraction of sp³-hybridized carbons (Fsp3) is 0.571. The van der Waals surface area contributed by atoms with E-state index in [0.29, 0.717) is 17.4 Å². The SMILES string of the molecule is CC1(C)C(O)C(C#N)=C[C@]2(C)C[C@@H](Cc3ccccc3)CC[C@@H]12. The van der Waals surface area contributed by atoms with Crippen LogP contribution in [0.1, 0.15) is 45.6 Å². The molecule has 2 aliphatic rings. The van der Waals surface area contributed by atoms with Crippen molar-refractivity contribution in [3.8, 4) is 6.07 Å². The molecule has 122 valence electrons. The third kappa shape index (κ3) is 2.83. The quantitative estimate of drug-likeness (QED) is 0.874. The van der Waals surface area contributed by atoms with Gasteiger partial charge in [0.2, 0.25) is 0 Å². The van der Waals surface area contributed by atoms with Crippen molar-refractivity contribution in [1.29, 1.82) is 5.26 Å². The van der Waals surface area contributed by atoms with Crippen molar-refractivity contribution < 1.29 is 5.11 Å². The van der Waals surface area contributed by atoms with Crippen LogP contribution in [0.5, 0.6) is 0 Å². The third-order valence-corrected chi connectivity index (χ3v) is 6.27. The highest BCUT2D eigenvalue weighted by Gasteiger charge is 2.53. The Morgan fingerprint density at radius 3 is 2.52 bits per heavy atom. The smallest absolute Gasteiger partial charge is 0.0971 e. The highest BCUT2D eigenvalue weighted by atomic mass is 16.3. The summed E-state index contributed by atoms with van der Waals surface area (Å²) in [5.74, 6) is 1.09. The van der Waals surface area contributed by atoms with Gasteiger partial charge in [-0.3, -0.25) is 0 Å². The number of hydrogen-bond donors (Lipinski definition) is 1. The van der Waals surface area contributed by atoms with Gasteiger partial charge in [-0.2, -0.15) is 5.26 Å². The van der Waals surface area contributed by atoms with Crippen molar-refractivity contribution in [2.75, 3.05) is 0 Å². The molecule has 0 saturated heterocycles. The zero-order chi connectivity index (χ0) is 16.7. The van der Waals surface area contributed by atoms with Crippen molar-refractivity contribution in [3.63, 3.8) is 0 Å². The number of fused-ring (bicyclic) bond motifs is 1. The molecule has 0 bridgehead atoms. The second-order valence-electron chi connectivity index (χ2n) is 8.33. The van der Waals surface area contributed by atoms with Crippen LogP contribution >= 0.6 is 0 Å². The van der Waals surface area contributed by atoms with Crippen LogP contribution in [0.4, 0.5) is 0 Å². The van der Waals surface area contributed by atoms with E-state index in [9.17, 15) is 10.4 Å². The van der Waals surface area contributed by atoms with Crippen molar-refractivity contribution in [2.45, 2.75) is 52.6 Å². The van der Waals surface area contributed by atoms with E-state index >= 15 is 0 Å². The highest BCUT2D eigenvalue weighted by Crippen LogP contribution is 2.57. The fourth-order valence-electron chi connectivity index (χ4n) is 5.22. The normalized spacial score (nSPS) is 35.8. The predicted octanol–water partition coefficient (Wildman–Crippen LogP) is 4.50. The topological polar surface area (TPSA) is 44.0 Å². The predicted molar refractivity (Wildman–Crippen MR) is 92.6 cm³/mol. The molecule has 1 unspecified atom stereocenters. The summed E-state index contributed by atoms with van der Waals surface area (Å²) in [6.07, 6.45) is 6.02. The standard InChI is InChI=1S/C21H27NO/c1-20(2)18-10-9-16(11-15-7-5-4-6-8-15)12-21(18,3)13-17(14-22)19(20)23/h4-8,13,16,18-19,23H,9-12H2,1-3H3/t16-,18+,19?,21+/m1/s1. The second-order valence-corrected chi connectivity index (χ2v) is 8.33. The molecule has 0 amide bonds. The molecule has 2 nitrogen and oxygen atoms in total. The molecule has 1 aromatic rings. The van der Waals surface area contributed by atoms with Gasteiger partial charge in [-0.1, -0.05) is 57.2 Å². The van der Waals surface area contributed by atoms with E-state index in [1.54, 1.807) is 0 Å².